The Balaban J connectivity index is 1.58. The molecule has 0 radical (unpaired) electrons. The molecule has 0 bridgehead atoms. The number of anilines is 1. The summed E-state index contributed by atoms with van der Waals surface area (Å²) in [6.07, 6.45) is 1.91. The summed E-state index contributed by atoms with van der Waals surface area (Å²) >= 11 is 0. The summed E-state index contributed by atoms with van der Waals surface area (Å²) in [4.78, 5) is 24.7. The van der Waals surface area contributed by atoms with Gasteiger partial charge < -0.3 is 10.1 Å². The lowest BCUT2D eigenvalue weighted by Crippen LogP contribution is -2.15. The van der Waals surface area contributed by atoms with E-state index in [0.29, 0.717) is 30.7 Å². The molecule has 0 spiro atoms. The average Bonchev–Trinajstić information content (AvgIpc) is 2.74. The van der Waals surface area contributed by atoms with Crippen LogP contribution in [0.1, 0.15) is 29.5 Å². The minimum absolute atomic E-state index is 0.110. The molecular weight excluding hydrogens is 362 g/mol. The second-order valence-electron chi connectivity index (χ2n) is 6.99. The number of amides is 1. The number of hydrogen-bond acceptors (Lipinski definition) is 3. The SMILES string of the molecule is Cc1ccc(OC(=O)CCc2ccccc2)c(NC(=O)CCc2ccccc2)c1. The van der Waals surface area contributed by atoms with E-state index in [1.54, 1.807) is 6.07 Å². The predicted molar refractivity (Wildman–Crippen MR) is 115 cm³/mol. The van der Waals surface area contributed by atoms with E-state index in [2.05, 4.69) is 5.32 Å². The third kappa shape index (κ3) is 6.61. The topological polar surface area (TPSA) is 55.4 Å². The van der Waals surface area contributed by atoms with Crippen LogP contribution < -0.4 is 10.1 Å². The summed E-state index contributed by atoms with van der Waals surface area (Å²) in [5.74, 6) is -0.0553. The Hall–Kier alpha value is -3.40. The molecule has 0 aromatic heterocycles. The van der Waals surface area contributed by atoms with Crippen molar-refractivity contribution in [1.29, 1.82) is 0 Å². The zero-order chi connectivity index (χ0) is 20.5. The first kappa shape index (κ1) is 20.3. The number of ether oxygens (including phenoxy) is 1. The summed E-state index contributed by atoms with van der Waals surface area (Å²) < 4.78 is 5.53. The summed E-state index contributed by atoms with van der Waals surface area (Å²) in [6, 6.07) is 25.1. The Morgan fingerprint density at radius 3 is 2.00 bits per heavy atom. The standard InChI is InChI=1S/C25H25NO3/c1-19-12-15-23(29-25(28)17-14-21-10-6-3-7-11-21)22(18-19)26-24(27)16-13-20-8-4-2-5-9-20/h2-12,15,18H,13-14,16-17H2,1H3,(H,26,27). The highest BCUT2D eigenvalue weighted by Crippen LogP contribution is 2.26. The minimum atomic E-state index is -0.322. The average molecular weight is 387 g/mol. The highest BCUT2D eigenvalue weighted by atomic mass is 16.5. The van der Waals surface area contributed by atoms with Crippen LogP contribution >= 0.6 is 0 Å². The fraction of sp³-hybridized carbons (Fsp3) is 0.200. The van der Waals surface area contributed by atoms with E-state index in [1.165, 1.54) is 0 Å². The summed E-state index contributed by atoms with van der Waals surface area (Å²) in [7, 11) is 0. The zero-order valence-electron chi connectivity index (χ0n) is 16.6. The van der Waals surface area contributed by atoms with E-state index in [1.807, 2.05) is 79.7 Å². The van der Waals surface area contributed by atoms with Crippen molar-refractivity contribution in [2.45, 2.75) is 32.6 Å². The molecule has 0 aliphatic carbocycles. The molecule has 0 atom stereocenters. The van der Waals surface area contributed by atoms with Gasteiger partial charge in [-0.2, -0.15) is 0 Å². The van der Waals surface area contributed by atoms with Gasteiger partial charge in [0.05, 0.1) is 5.69 Å². The van der Waals surface area contributed by atoms with Crippen LogP contribution in [0, 0.1) is 6.92 Å². The van der Waals surface area contributed by atoms with Crippen LogP contribution in [0.2, 0.25) is 0 Å². The quantitative estimate of drug-likeness (QED) is 0.432. The van der Waals surface area contributed by atoms with Crippen LogP contribution in [0.4, 0.5) is 5.69 Å². The molecule has 3 aromatic rings. The van der Waals surface area contributed by atoms with Crippen LogP contribution in [-0.2, 0) is 22.4 Å². The normalized spacial score (nSPS) is 10.4. The van der Waals surface area contributed by atoms with E-state index < -0.39 is 0 Å². The first-order chi connectivity index (χ1) is 14.1. The Kier molecular flexibility index (Phi) is 7.17. The summed E-state index contributed by atoms with van der Waals surface area (Å²) in [5.41, 5.74) is 3.70. The van der Waals surface area contributed by atoms with E-state index in [0.717, 1.165) is 16.7 Å². The van der Waals surface area contributed by atoms with Crippen molar-refractivity contribution < 1.29 is 14.3 Å². The van der Waals surface area contributed by atoms with Gasteiger partial charge in [-0.25, -0.2) is 0 Å². The maximum absolute atomic E-state index is 12.4. The van der Waals surface area contributed by atoms with Crippen LogP contribution in [0.15, 0.2) is 78.9 Å². The molecule has 0 saturated heterocycles. The Bertz CT molecular complexity index is 952. The minimum Gasteiger partial charge on any atom is -0.424 e. The molecule has 3 aromatic carbocycles. The molecule has 4 heteroatoms. The maximum Gasteiger partial charge on any atom is 0.311 e. The third-order valence-electron chi connectivity index (χ3n) is 4.58. The largest absolute Gasteiger partial charge is 0.424 e. The van der Waals surface area contributed by atoms with Crippen LogP contribution in [0.25, 0.3) is 0 Å². The van der Waals surface area contributed by atoms with E-state index >= 15 is 0 Å². The van der Waals surface area contributed by atoms with Gasteiger partial charge in [0.2, 0.25) is 5.91 Å². The van der Waals surface area contributed by atoms with Gasteiger partial charge in [0.1, 0.15) is 0 Å². The molecule has 29 heavy (non-hydrogen) atoms. The Morgan fingerprint density at radius 2 is 1.38 bits per heavy atom. The van der Waals surface area contributed by atoms with Crippen molar-refractivity contribution in [3.63, 3.8) is 0 Å². The van der Waals surface area contributed by atoms with Crippen molar-refractivity contribution in [3.8, 4) is 5.75 Å². The molecule has 0 fully saturated rings. The van der Waals surface area contributed by atoms with Crippen molar-refractivity contribution >= 4 is 17.6 Å². The number of rotatable bonds is 8. The lowest BCUT2D eigenvalue weighted by molar-refractivity contribution is -0.134. The number of benzene rings is 3. The maximum atomic E-state index is 12.4. The van der Waals surface area contributed by atoms with E-state index in [4.69, 9.17) is 4.74 Å². The molecule has 148 valence electrons. The first-order valence-corrected chi connectivity index (χ1v) is 9.79. The highest BCUT2D eigenvalue weighted by molar-refractivity contribution is 5.93. The van der Waals surface area contributed by atoms with Gasteiger partial charge >= 0.3 is 5.97 Å². The molecule has 0 aliphatic rings. The number of hydrogen-bond donors (Lipinski definition) is 1. The molecular formula is C25H25NO3. The molecule has 3 rings (SSSR count). The molecule has 0 heterocycles. The summed E-state index contributed by atoms with van der Waals surface area (Å²) in [5, 5.41) is 2.88. The molecule has 0 saturated carbocycles. The van der Waals surface area contributed by atoms with Crippen molar-refractivity contribution in [2.24, 2.45) is 0 Å². The van der Waals surface area contributed by atoms with Gasteiger partial charge in [0.15, 0.2) is 5.75 Å². The van der Waals surface area contributed by atoms with Crippen molar-refractivity contribution in [2.75, 3.05) is 5.32 Å². The fourth-order valence-corrected chi connectivity index (χ4v) is 3.01. The van der Waals surface area contributed by atoms with E-state index in [-0.39, 0.29) is 18.3 Å². The van der Waals surface area contributed by atoms with Crippen LogP contribution in [0.3, 0.4) is 0 Å². The number of esters is 1. The van der Waals surface area contributed by atoms with Gasteiger partial charge in [0, 0.05) is 12.8 Å². The Morgan fingerprint density at radius 1 is 0.793 bits per heavy atom. The van der Waals surface area contributed by atoms with Gasteiger partial charge in [-0.1, -0.05) is 66.7 Å². The van der Waals surface area contributed by atoms with Gasteiger partial charge in [-0.05, 0) is 48.6 Å². The monoisotopic (exact) mass is 387 g/mol. The molecule has 1 amide bonds. The first-order valence-electron chi connectivity index (χ1n) is 9.79. The molecule has 0 unspecified atom stereocenters. The van der Waals surface area contributed by atoms with Gasteiger partial charge in [-0.15, -0.1) is 0 Å². The third-order valence-corrected chi connectivity index (χ3v) is 4.58. The number of carbonyl (C=O) groups excluding carboxylic acids is 2. The predicted octanol–water partition coefficient (Wildman–Crippen LogP) is 5.10. The lowest BCUT2D eigenvalue weighted by Gasteiger charge is -2.12. The Labute approximate surface area is 171 Å². The van der Waals surface area contributed by atoms with Crippen LogP contribution in [0.5, 0.6) is 5.75 Å². The lowest BCUT2D eigenvalue weighted by atomic mass is 10.1. The number of aryl methyl sites for hydroxylation is 3. The van der Waals surface area contributed by atoms with Crippen molar-refractivity contribution in [3.05, 3.63) is 95.6 Å². The van der Waals surface area contributed by atoms with Gasteiger partial charge in [-0.3, -0.25) is 9.59 Å². The second kappa shape index (κ2) is 10.2. The highest BCUT2D eigenvalue weighted by Gasteiger charge is 2.12. The zero-order valence-corrected chi connectivity index (χ0v) is 16.6. The number of nitrogens with one attached hydrogen (secondary N) is 1. The number of carbonyl (C=O) groups is 2. The van der Waals surface area contributed by atoms with Crippen LogP contribution in [-0.4, -0.2) is 11.9 Å². The fourth-order valence-electron chi connectivity index (χ4n) is 3.01. The second-order valence-corrected chi connectivity index (χ2v) is 6.99. The molecule has 1 N–H and O–H groups in total. The van der Waals surface area contributed by atoms with Gasteiger partial charge in [0.25, 0.3) is 0 Å². The smallest absolute Gasteiger partial charge is 0.311 e. The molecule has 4 nitrogen and oxygen atoms in total. The molecule has 0 aliphatic heterocycles. The van der Waals surface area contributed by atoms with Crippen molar-refractivity contribution in [1.82, 2.24) is 0 Å². The summed E-state index contributed by atoms with van der Waals surface area (Å²) in [6.45, 7) is 1.93. The van der Waals surface area contributed by atoms with E-state index in [9.17, 15) is 9.59 Å².